The van der Waals surface area contributed by atoms with Crippen LogP contribution in [0.3, 0.4) is 0 Å². The second-order valence-corrected chi connectivity index (χ2v) is 7.61. The Morgan fingerprint density at radius 1 is 1.33 bits per heavy atom. The summed E-state index contributed by atoms with van der Waals surface area (Å²) >= 11 is 0. The van der Waals surface area contributed by atoms with E-state index in [1.54, 1.807) is 30.7 Å². The molecule has 0 unspecified atom stereocenters. The number of hydrogen-bond donors (Lipinski definition) is 1. The van der Waals surface area contributed by atoms with Gasteiger partial charge in [0.1, 0.15) is 5.75 Å². The number of aryl methyl sites for hydroxylation is 1. The zero-order chi connectivity index (χ0) is 17.6. The van der Waals surface area contributed by atoms with Crippen molar-refractivity contribution < 1.29 is 13.2 Å². The van der Waals surface area contributed by atoms with Crippen LogP contribution < -0.4 is 9.46 Å². The molecule has 24 heavy (non-hydrogen) atoms. The number of hydrogen-bond acceptors (Lipinski definition) is 4. The Morgan fingerprint density at radius 3 is 2.75 bits per heavy atom. The van der Waals surface area contributed by atoms with Crippen molar-refractivity contribution in [2.45, 2.75) is 44.6 Å². The lowest BCUT2D eigenvalue weighted by molar-refractivity contribution is 0.335. The van der Waals surface area contributed by atoms with Crippen LogP contribution in [-0.4, -0.2) is 31.1 Å². The third-order valence-electron chi connectivity index (χ3n) is 3.66. The van der Waals surface area contributed by atoms with Gasteiger partial charge in [-0.25, -0.2) is 18.1 Å². The summed E-state index contributed by atoms with van der Waals surface area (Å²) < 4.78 is 35.1. The lowest BCUT2D eigenvalue weighted by atomic mass is 10.0. The van der Waals surface area contributed by atoms with Crippen molar-refractivity contribution in [1.29, 1.82) is 0 Å². The Balaban J connectivity index is 2.03. The third kappa shape index (κ3) is 4.82. The summed E-state index contributed by atoms with van der Waals surface area (Å²) in [5, 5.41) is 0. The molecule has 0 aliphatic heterocycles. The molecule has 2 aromatic rings. The molecule has 1 heterocycles. The highest BCUT2D eigenvalue weighted by Gasteiger charge is 2.17. The largest absolute Gasteiger partial charge is 0.494 e. The van der Waals surface area contributed by atoms with E-state index in [0.29, 0.717) is 19.6 Å². The summed E-state index contributed by atoms with van der Waals surface area (Å²) in [5.74, 6) is 0.925. The van der Waals surface area contributed by atoms with Gasteiger partial charge in [-0.15, -0.1) is 0 Å². The van der Waals surface area contributed by atoms with Crippen LogP contribution in [0, 0.1) is 0 Å². The van der Waals surface area contributed by atoms with Crippen LogP contribution in [0.5, 0.6) is 5.75 Å². The minimum Gasteiger partial charge on any atom is -0.494 e. The van der Waals surface area contributed by atoms with E-state index < -0.39 is 10.0 Å². The molecule has 0 spiro atoms. The van der Waals surface area contributed by atoms with E-state index in [9.17, 15) is 8.42 Å². The molecular formula is C17H25N3O3S. The van der Waals surface area contributed by atoms with Crippen molar-refractivity contribution in [2.24, 2.45) is 0 Å². The maximum absolute atomic E-state index is 12.5. The van der Waals surface area contributed by atoms with Gasteiger partial charge in [-0.3, -0.25) is 0 Å². The fraction of sp³-hybridized carbons (Fsp3) is 0.471. The summed E-state index contributed by atoms with van der Waals surface area (Å²) in [6.45, 7) is 7.61. The van der Waals surface area contributed by atoms with E-state index in [1.165, 1.54) is 0 Å². The molecule has 6 nitrogen and oxygen atoms in total. The number of aromatic nitrogens is 2. The van der Waals surface area contributed by atoms with Crippen LogP contribution >= 0.6 is 0 Å². The first kappa shape index (κ1) is 18.5. The van der Waals surface area contributed by atoms with E-state index in [4.69, 9.17) is 4.74 Å². The number of imidazole rings is 1. The van der Waals surface area contributed by atoms with Gasteiger partial charge in [-0.05, 0) is 43.0 Å². The van der Waals surface area contributed by atoms with Gasteiger partial charge in [-0.2, -0.15) is 0 Å². The van der Waals surface area contributed by atoms with Crippen molar-refractivity contribution >= 4 is 10.0 Å². The number of rotatable bonds is 9. The highest BCUT2D eigenvalue weighted by Crippen LogP contribution is 2.29. The maximum atomic E-state index is 12.5. The number of sulfonamides is 1. The highest BCUT2D eigenvalue weighted by molar-refractivity contribution is 7.89. The molecule has 0 fully saturated rings. The van der Waals surface area contributed by atoms with E-state index in [2.05, 4.69) is 9.71 Å². The first-order valence-electron chi connectivity index (χ1n) is 8.16. The van der Waals surface area contributed by atoms with Crippen LogP contribution in [0.4, 0.5) is 0 Å². The summed E-state index contributed by atoms with van der Waals surface area (Å²) in [4.78, 5) is 4.23. The predicted octanol–water partition coefficient (Wildman–Crippen LogP) is 2.77. The van der Waals surface area contributed by atoms with Gasteiger partial charge in [0.25, 0.3) is 0 Å². The highest BCUT2D eigenvalue weighted by atomic mass is 32.2. The molecule has 7 heteroatoms. The third-order valence-corrected chi connectivity index (χ3v) is 5.12. The van der Waals surface area contributed by atoms with Gasteiger partial charge in [0.05, 0.1) is 17.8 Å². The van der Waals surface area contributed by atoms with Gasteiger partial charge in [-0.1, -0.05) is 13.8 Å². The van der Waals surface area contributed by atoms with Gasteiger partial charge in [0.2, 0.25) is 10.0 Å². The van der Waals surface area contributed by atoms with Gasteiger partial charge in [0.15, 0.2) is 0 Å². The molecular weight excluding hydrogens is 326 g/mol. The van der Waals surface area contributed by atoms with Crippen LogP contribution in [0.2, 0.25) is 0 Å². The van der Waals surface area contributed by atoms with E-state index >= 15 is 0 Å². The molecule has 0 bridgehead atoms. The van der Waals surface area contributed by atoms with Crippen molar-refractivity contribution in [3.63, 3.8) is 0 Å². The first-order valence-corrected chi connectivity index (χ1v) is 9.64. The summed E-state index contributed by atoms with van der Waals surface area (Å²) in [6.07, 6.45) is 5.98. The Hall–Kier alpha value is -1.86. The predicted molar refractivity (Wildman–Crippen MR) is 93.7 cm³/mol. The quantitative estimate of drug-likeness (QED) is 0.705. The molecule has 1 aromatic heterocycles. The van der Waals surface area contributed by atoms with Crippen LogP contribution in [0.25, 0.3) is 0 Å². The lowest BCUT2D eigenvalue weighted by Crippen LogP contribution is -2.25. The van der Waals surface area contributed by atoms with E-state index in [-0.39, 0.29) is 10.8 Å². The molecule has 0 atom stereocenters. The lowest BCUT2D eigenvalue weighted by Gasteiger charge is -2.15. The fourth-order valence-electron chi connectivity index (χ4n) is 2.40. The Bertz CT molecular complexity index is 740. The van der Waals surface area contributed by atoms with Crippen LogP contribution in [0.15, 0.2) is 41.8 Å². The summed E-state index contributed by atoms with van der Waals surface area (Å²) in [6, 6.07) is 5.03. The number of nitrogens with one attached hydrogen (secondary N) is 1. The minimum absolute atomic E-state index is 0.183. The van der Waals surface area contributed by atoms with Crippen molar-refractivity contribution in [2.75, 3.05) is 13.2 Å². The fourth-order valence-corrected chi connectivity index (χ4v) is 3.51. The molecule has 1 N–H and O–H groups in total. The molecule has 0 amide bonds. The smallest absolute Gasteiger partial charge is 0.240 e. The summed E-state index contributed by atoms with van der Waals surface area (Å²) in [5.41, 5.74) is 0.901. The molecule has 0 radical (unpaired) electrons. The molecule has 0 aliphatic rings. The molecule has 1 aromatic carbocycles. The average Bonchev–Trinajstić information content (AvgIpc) is 3.05. The van der Waals surface area contributed by atoms with Crippen LogP contribution in [-0.2, 0) is 16.6 Å². The second kappa shape index (κ2) is 8.30. The van der Waals surface area contributed by atoms with Crippen molar-refractivity contribution in [1.82, 2.24) is 14.3 Å². The Kier molecular flexibility index (Phi) is 6.39. The standard InChI is InChI=1S/C17H25N3O3S/c1-4-23-17-7-6-15(12-16(17)14(2)3)24(21,22)19-8-5-10-20-11-9-18-13-20/h6-7,9,11-14,19H,4-5,8,10H2,1-3H3. The monoisotopic (exact) mass is 351 g/mol. The average molecular weight is 351 g/mol. The molecule has 0 aliphatic carbocycles. The molecule has 0 saturated heterocycles. The second-order valence-electron chi connectivity index (χ2n) is 5.84. The number of ether oxygens (including phenoxy) is 1. The summed E-state index contributed by atoms with van der Waals surface area (Å²) in [7, 11) is -3.52. The van der Waals surface area contributed by atoms with Gasteiger partial charge < -0.3 is 9.30 Å². The molecule has 2 rings (SSSR count). The van der Waals surface area contributed by atoms with Gasteiger partial charge >= 0.3 is 0 Å². The maximum Gasteiger partial charge on any atom is 0.240 e. The number of benzene rings is 1. The van der Waals surface area contributed by atoms with Crippen molar-refractivity contribution in [3.05, 3.63) is 42.5 Å². The first-order chi connectivity index (χ1) is 11.4. The zero-order valence-electron chi connectivity index (χ0n) is 14.4. The SMILES string of the molecule is CCOc1ccc(S(=O)(=O)NCCCn2ccnc2)cc1C(C)C. The zero-order valence-corrected chi connectivity index (χ0v) is 15.2. The van der Waals surface area contributed by atoms with Gasteiger partial charge in [0, 0.05) is 25.5 Å². The van der Waals surface area contributed by atoms with Crippen LogP contribution in [0.1, 0.15) is 38.7 Å². The van der Waals surface area contributed by atoms with Crippen molar-refractivity contribution in [3.8, 4) is 5.75 Å². The Labute approximate surface area is 143 Å². The van der Waals surface area contributed by atoms with E-state index in [1.807, 2.05) is 31.5 Å². The minimum atomic E-state index is -3.52. The molecule has 0 saturated carbocycles. The Morgan fingerprint density at radius 2 is 2.12 bits per heavy atom. The topological polar surface area (TPSA) is 73.2 Å². The normalized spacial score (nSPS) is 11.8. The van der Waals surface area contributed by atoms with E-state index in [0.717, 1.165) is 17.9 Å². The number of nitrogens with zero attached hydrogens (tertiary/aromatic N) is 2. The molecule has 132 valence electrons.